The van der Waals surface area contributed by atoms with Crippen LogP contribution in [-0.2, 0) is 4.43 Å². The van der Waals surface area contributed by atoms with Crippen LogP contribution in [0, 0.1) is 5.92 Å². The highest BCUT2D eigenvalue weighted by atomic mass is 28.4. The van der Waals surface area contributed by atoms with Crippen molar-refractivity contribution in [3.8, 4) is 0 Å². The molecule has 3 rings (SSSR count). The van der Waals surface area contributed by atoms with Gasteiger partial charge in [0.05, 0.1) is 5.60 Å². The maximum atomic E-state index is 6.76. The van der Waals surface area contributed by atoms with Crippen LogP contribution in [0.4, 0.5) is 0 Å². The smallest absolute Gasteiger partial charge is 0.256 e. The van der Waals surface area contributed by atoms with E-state index < -0.39 is 8.32 Å². The summed E-state index contributed by atoms with van der Waals surface area (Å²) >= 11 is 0. The first-order valence-electron chi connectivity index (χ1n) is 7.36. The Bertz CT molecular complexity index is 537. The third-order valence-corrected chi connectivity index (χ3v) is 9.29. The molecule has 1 aliphatic rings. The van der Waals surface area contributed by atoms with Gasteiger partial charge in [-0.2, -0.15) is 0 Å². The highest BCUT2D eigenvalue weighted by Gasteiger charge is 2.53. The van der Waals surface area contributed by atoms with E-state index in [0.29, 0.717) is 5.92 Å². The third kappa shape index (κ3) is 2.13. The Kier molecular flexibility index (Phi) is 3.31. The van der Waals surface area contributed by atoms with Crippen LogP contribution >= 0.6 is 0 Å². The average Bonchev–Trinajstić information content (AvgIpc) is 2.72. The molecule has 2 heteroatoms. The monoisotopic (exact) mass is 282 g/mol. The Morgan fingerprint density at radius 2 is 1.35 bits per heavy atom. The van der Waals surface area contributed by atoms with E-state index in [4.69, 9.17) is 4.43 Å². The van der Waals surface area contributed by atoms with Gasteiger partial charge in [0.15, 0.2) is 0 Å². The lowest BCUT2D eigenvalue weighted by atomic mass is 9.95. The summed E-state index contributed by atoms with van der Waals surface area (Å²) in [7, 11) is -2.08. The summed E-state index contributed by atoms with van der Waals surface area (Å²) < 4.78 is 6.76. The molecule has 0 N–H and O–H groups in total. The largest absolute Gasteiger partial charge is 0.403 e. The predicted octanol–water partition coefficient (Wildman–Crippen LogP) is 3.19. The molecule has 20 heavy (non-hydrogen) atoms. The molecule has 1 saturated heterocycles. The zero-order chi connectivity index (χ0) is 14.2. The van der Waals surface area contributed by atoms with Crippen LogP contribution in [0.25, 0.3) is 0 Å². The minimum atomic E-state index is -2.08. The van der Waals surface area contributed by atoms with Crippen LogP contribution in [0.5, 0.6) is 0 Å². The van der Waals surface area contributed by atoms with Crippen molar-refractivity contribution in [3.05, 3.63) is 60.7 Å². The topological polar surface area (TPSA) is 9.23 Å². The Morgan fingerprint density at radius 1 is 0.900 bits per heavy atom. The van der Waals surface area contributed by atoms with E-state index in [0.717, 1.165) is 6.04 Å². The highest BCUT2D eigenvalue weighted by Crippen LogP contribution is 2.39. The molecule has 0 aromatic heterocycles. The van der Waals surface area contributed by atoms with Crippen molar-refractivity contribution in [1.29, 1.82) is 0 Å². The molecule has 1 unspecified atom stereocenters. The lowest BCUT2D eigenvalue weighted by Crippen LogP contribution is -2.59. The molecule has 0 amide bonds. The second-order valence-electron chi connectivity index (χ2n) is 6.37. The molecule has 1 atom stereocenters. The maximum Gasteiger partial charge on any atom is 0.256 e. The minimum absolute atomic E-state index is 0.0437. The first-order valence-corrected chi connectivity index (χ1v) is 9.47. The van der Waals surface area contributed by atoms with Gasteiger partial charge in [-0.1, -0.05) is 67.6 Å². The van der Waals surface area contributed by atoms with E-state index in [1.54, 1.807) is 0 Å². The molecule has 1 aliphatic heterocycles. The van der Waals surface area contributed by atoms with E-state index in [-0.39, 0.29) is 5.60 Å². The van der Waals surface area contributed by atoms with Crippen molar-refractivity contribution in [3.63, 3.8) is 0 Å². The molecule has 2 aromatic carbocycles. The van der Waals surface area contributed by atoms with Gasteiger partial charge in [0.1, 0.15) is 0 Å². The first-order chi connectivity index (χ1) is 9.55. The fourth-order valence-electron chi connectivity index (χ4n) is 3.20. The average molecular weight is 282 g/mol. The Labute approximate surface area is 122 Å². The van der Waals surface area contributed by atoms with Crippen LogP contribution in [0.2, 0.25) is 6.04 Å². The van der Waals surface area contributed by atoms with Crippen LogP contribution in [0.15, 0.2) is 60.7 Å². The molecule has 0 aliphatic carbocycles. The van der Waals surface area contributed by atoms with Crippen molar-refractivity contribution >= 4 is 18.7 Å². The molecule has 0 bridgehead atoms. The summed E-state index contributed by atoms with van der Waals surface area (Å²) in [6, 6.07) is 22.8. The zero-order valence-corrected chi connectivity index (χ0v) is 13.5. The van der Waals surface area contributed by atoms with Crippen molar-refractivity contribution in [2.45, 2.75) is 32.4 Å². The molecular weight excluding hydrogens is 260 g/mol. The summed E-state index contributed by atoms with van der Waals surface area (Å²) in [5.74, 6) is 0.578. The number of hydrogen-bond acceptors (Lipinski definition) is 1. The van der Waals surface area contributed by atoms with Crippen LogP contribution < -0.4 is 10.4 Å². The van der Waals surface area contributed by atoms with Crippen molar-refractivity contribution in [1.82, 2.24) is 0 Å². The Balaban J connectivity index is 2.16. The molecule has 104 valence electrons. The highest BCUT2D eigenvalue weighted by molar-refractivity contribution is 6.98. The first kappa shape index (κ1) is 13.6. The van der Waals surface area contributed by atoms with Gasteiger partial charge < -0.3 is 4.43 Å². The molecule has 1 heterocycles. The van der Waals surface area contributed by atoms with Crippen molar-refractivity contribution < 1.29 is 4.43 Å². The van der Waals surface area contributed by atoms with Gasteiger partial charge in [0.2, 0.25) is 0 Å². The van der Waals surface area contributed by atoms with Crippen molar-refractivity contribution in [2.24, 2.45) is 5.92 Å². The van der Waals surface area contributed by atoms with E-state index in [9.17, 15) is 0 Å². The van der Waals surface area contributed by atoms with E-state index >= 15 is 0 Å². The summed E-state index contributed by atoms with van der Waals surface area (Å²) in [5, 5.41) is 2.78. The van der Waals surface area contributed by atoms with E-state index in [1.165, 1.54) is 10.4 Å². The molecule has 0 saturated carbocycles. The van der Waals surface area contributed by atoms with Gasteiger partial charge in [-0.15, -0.1) is 0 Å². The van der Waals surface area contributed by atoms with Gasteiger partial charge in [-0.3, -0.25) is 0 Å². The summed E-state index contributed by atoms with van der Waals surface area (Å²) in [6.07, 6.45) is 0. The van der Waals surface area contributed by atoms with Gasteiger partial charge in [-0.25, -0.2) is 0 Å². The standard InChI is InChI=1S/C18H22OSi/c1-15-14-20(19-18(15,2)3,16-10-6-4-7-11-16)17-12-8-5-9-13-17/h4-13,15H,14H2,1-3H3. The number of benzene rings is 2. The van der Waals surface area contributed by atoms with Gasteiger partial charge in [0.25, 0.3) is 8.32 Å². The SMILES string of the molecule is CC1C[Si](c2ccccc2)(c2ccccc2)OC1(C)C. The quantitative estimate of drug-likeness (QED) is 0.769. The van der Waals surface area contributed by atoms with Gasteiger partial charge >= 0.3 is 0 Å². The summed E-state index contributed by atoms with van der Waals surface area (Å²) in [6.45, 7) is 6.79. The zero-order valence-electron chi connectivity index (χ0n) is 12.5. The predicted molar refractivity (Wildman–Crippen MR) is 87.0 cm³/mol. The number of rotatable bonds is 2. The maximum absolute atomic E-state index is 6.76. The summed E-state index contributed by atoms with van der Waals surface area (Å²) in [4.78, 5) is 0. The normalized spacial score (nSPS) is 23.6. The fraction of sp³-hybridized carbons (Fsp3) is 0.333. The van der Waals surface area contributed by atoms with E-state index in [2.05, 4.69) is 81.4 Å². The molecule has 2 aromatic rings. The van der Waals surface area contributed by atoms with Crippen molar-refractivity contribution in [2.75, 3.05) is 0 Å². The minimum Gasteiger partial charge on any atom is -0.403 e. The number of hydrogen-bond donors (Lipinski definition) is 0. The third-order valence-electron chi connectivity index (χ3n) is 4.70. The molecule has 0 spiro atoms. The second kappa shape index (κ2) is 4.87. The van der Waals surface area contributed by atoms with E-state index in [1.807, 2.05) is 0 Å². The molecule has 1 nitrogen and oxygen atoms in total. The lowest BCUT2D eigenvalue weighted by Gasteiger charge is -2.31. The second-order valence-corrected chi connectivity index (χ2v) is 9.79. The van der Waals surface area contributed by atoms with Gasteiger partial charge in [0, 0.05) is 0 Å². The lowest BCUT2D eigenvalue weighted by molar-refractivity contribution is 0.0916. The molecule has 1 fully saturated rings. The molecule has 0 radical (unpaired) electrons. The Hall–Kier alpha value is -1.38. The van der Waals surface area contributed by atoms with Gasteiger partial charge in [-0.05, 0) is 36.2 Å². The van der Waals surface area contributed by atoms with Crippen LogP contribution in [0.1, 0.15) is 20.8 Å². The fourth-order valence-corrected chi connectivity index (χ4v) is 8.24. The summed E-state index contributed by atoms with van der Waals surface area (Å²) in [5.41, 5.74) is -0.0437. The van der Waals surface area contributed by atoms with Crippen LogP contribution in [-0.4, -0.2) is 13.9 Å². The Morgan fingerprint density at radius 3 is 1.70 bits per heavy atom. The van der Waals surface area contributed by atoms with Crippen LogP contribution in [0.3, 0.4) is 0 Å². The molecular formula is C18H22OSi.